The molecule has 6 rings (SSSR count). The average Bonchev–Trinajstić information content (AvgIpc) is 3.14. The minimum Gasteiger partial charge on any atom is -0.314 e. The van der Waals surface area contributed by atoms with Crippen LogP contribution in [0.15, 0.2) is 97.1 Å². The third kappa shape index (κ3) is 6.06. The summed E-state index contributed by atoms with van der Waals surface area (Å²) in [6, 6.07) is 32.6. The van der Waals surface area contributed by atoms with E-state index >= 15 is 0 Å². The van der Waals surface area contributed by atoms with Gasteiger partial charge in [-0.25, -0.2) is 0 Å². The fourth-order valence-corrected chi connectivity index (χ4v) is 6.97. The van der Waals surface area contributed by atoms with Crippen molar-refractivity contribution < 1.29 is 9.59 Å². The van der Waals surface area contributed by atoms with Gasteiger partial charge in [0.05, 0.1) is 24.2 Å². The molecule has 2 aliphatic heterocycles. The number of carbonyl (C=O) groups is 2. The summed E-state index contributed by atoms with van der Waals surface area (Å²) in [4.78, 5) is 28.4. The molecule has 0 atom stereocenters. The summed E-state index contributed by atoms with van der Waals surface area (Å²) in [5.41, 5.74) is 10.6. The molecule has 42 heavy (non-hydrogen) atoms. The molecule has 0 unspecified atom stereocenters. The lowest BCUT2D eigenvalue weighted by Crippen LogP contribution is -2.25. The molecule has 2 amide bonds. The highest BCUT2D eigenvalue weighted by Gasteiger charge is 2.26. The van der Waals surface area contributed by atoms with E-state index in [1.54, 1.807) is 9.80 Å². The largest absolute Gasteiger partial charge is 0.314 e. The van der Waals surface area contributed by atoms with E-state index in [1.165, 1.54) is 11.1 Å². The molecule has 4 aromatic carbocycles. The smallest absolute Gasteiger partial charge is 0.231 e. The van der Waals surface area contributed by atoms with Crippen LogP contribution in [0.2, 0.25) is 0 Å². The van der Waals surface area contributed by atoms with Crippen LogP contribution in [0, 0.1) is 13.8 Å². The van der Waals surface area contributed by atoms with Crippen molar-refractivity contribution in [2.45, 2.75) is 26.7 Å². The van der Waals surface area contributed by atoms with Gasteiger partial charge in [-0.3, -0.25) is 9.59 Å². The molecule has 0 fully saturated rings. The standard InChI is InChI=1S/2C18H16BrNO/c2*1-12-7-9-13(10-8-12)18-17(19)15-6-4-3-5-14(15)11-16(21)20(18)2/h2*3-10H,11H2,1-2H3. The lowest BCUT2D eigenvalue weighted by molar-refractivity contribution is -0.127. The molecule has 0 spiro atoms. The highest BCUT2D eigenvalue weighted by atomic mass is 79.9. The second-order valence-electron chi connectivity index (χ2n) is 10.6. The minimum atomic E-state index is 0.104. The molecule has 0 aliphatic carbocycles. The maximum atomic E-state index is 12.4. The van der Waals surface area contributed by atoms with Gasteiger partial charge in [-0.1, -0.05) is 108 Å². The first-order chi connectivity index (χ1) is 20.2. The van der Waals surface area contributed by atoms with Gasteiger partial charge < -0.3 is 9.80 Å². The number of rotatable bonds is 2. The van der Waals surface area contributed by atoms with Crippen LogP contribution in [0.25, 0.3) is 20.4 Å². The number of benzene rings is 4. The highest BCUT2D eigenvalue weighted by molar-refractivity contribution is 9.15. The van der Waals surface area contributed by atoms with Crippen LogP contribution in [0.3, 0.4) is 0 Å². The molecular weight excluding hydrogens is 652 g/mol. The van der Waals surface area contributed by atoms with Crippen molar-refractivity contribution in [3.8, 4) is 0 Å². The monoisotopic (exact) mass is 682 g/mol. The normalized spacial score (nSPS) is 15.0. The van der Waals surface area contributed by atoms with Crippen molar-refractivity contribution in [2.24, 2.45) is 0 Å². The molecule has 6 heteroatoms. The van der Waals surface area contributed by atoms with E-state index in [0.717, 1.165) is 53.7 Å². The number of aryl methyl sites for hydroxylation is 2. The number of halogens is 2. The van der Waals surface area contributed by atoms with Gasteiger partial charge in [0.25, 0.3) is 0 Å². The minimum absolute atomic E-state index is 0.104. The fourth-order valence-electron chi connectivity index (χ4n) is 5.20. The van der Waals surface area contributed by atoms with Crippen molar-refractivity contribution >= 4 is 64.0 Å². The maximum Gasteiger partial charge on any atom is 0.231 e. The average molecular weight is 684 g/mol. The fraction of sp³-hybridized carbons (Fsp3) is 0.167. The molecule has 2 heterocycles. The lowest BCUT2D eigenvalue weighted by Gasteiger charge is -2.20. The molecular formula is C36H32Br2N2O2. The second kappa shape index (κ2) is 12.6. The van der Waals surface area contributed by atoms with E-state index in [1.807, 2.05) is 50.5 Å². The molecule has 0 saturated carbocycles. The maximum absolute atomic E-state index is 12.4. The molecule has 4 aromatic rings. The third-order valence-corrected chi connectivity index (χ3v) is 9.28. The zero-order valence-electron chi connectivity index (χ0n) is 24.1. The van der Waals surface area contributed by atoms with Crippen LogP contribution in [0.4, 0.5) is 0 Å². The topological polar surface area (TPSA) is 40.6 Å². The Morgan fingerprint density at radius 3 is 1.21 bits per heavy atom. The summed E-state index contributed by atoms with van der Waals surface area (Å²) in [5.74, 6) is 0.208. The van der Waals surface area contributed by atoms with Crippen LogP contribution in [0.5, 0.6) is 0 Å². The number of amides is 2. The van der Waals surface area contributed by atoms with Gasteiger partial charge in [-0.05, 0) is 79.1 Å². The van der Waals surface area contributed by atoms with E-state index in [2.05, 4.69) is 106 Å². The van der Waals surface area contributed by atoms with Crippen LogP contribution in [0.1, 0.15) is 44.5 Å². The Balaban J connectivity index is 0.000000168. The molecule has 2 aliphatic rings. The first-order valence-corrected chi connectivity index (χ1v) is 15.4. The van der Waals surface area contributed by atoms with Crippen LogP contribution >= 0.6 is 31.9 Å². The second-order valence-corrected chi connectivity index (χ2v) is 12.2. The summed E-state index contributed by atoms with van der Waals surface area (Å²) in [6.45, 7) is 4.12. The van der Waals surface area contributed by atoms with Gasteiger partial charge in [-0.2, -0.15) is 0 Å². The van der Waals surface area contributed by atoms with E-state index in [0.29, 0.717) is 12.8 Å². The predicted molar refractivity (Wildman–Crippen MR) is 180 cm³/mol. The van der Waals surface area contributed by atoms with Crippen molar-refractivity contribution in [3.63, 3.8) is 0 Å². The van der Waals surface area contributed by atoms with Crippen molar-refractivity contribution in [1.82, 2.24) is 9.80 Å². The van der Waals surface area contributed by atoms with Gasteiger partial charge >= 0.3 is 0 Å². The first kappa shape index (κ1) is 29.7. The molecule has 212 valence electrons. The molecule has 4 nitrogen and oxygen atoms in total. The van der Waals surface area contributed by atoms with Gasteiger partial charge in [0.15, 0.2) is 0 Å². The van der Waals surface area contributed by atoms with Gasteiger partial charge in [0.1, 0.15) is 0 Å². The first-order valence-electron chi connectivity index (χ1n) is 13.8. The quantitative estimate of drug-likeness (QED) is 0.213. The Hall–Kier alpha value is -3.74. The molecule has 0 N–H and O–H groups in total. The van der Waals surface area contributed by atoms with Gasteiger partial charge in [0, 0.05) is 23.1 Å². The zero-order valence-corrected chi connectivity index (χ0v) is 27.3. The van der Waals surface area contributed by atoms with E-state index in [-0.39, 0.29) is 11.8 Å². The summed E-state index contributed by atoms with van der Waals surface area (Å²) >= 11 is 7.42. The number of hydrogen-bond donors (Lipinski definition) is 0. The number of carbonyl (C=O) groups excluding carboxylic acids is 2. The molecule has 0 radical (unpaired) electrons. The number of fused-ring (bicyclic) bond motifs is 2. The van der Waals surface area contributed by atoms with E-state index < -0.39 is 0 Å². The highest BCUT2D eigenvalue weighted by Crippen LogP contribution is 2.39. The van der Waals surface area contributed by atoms with Crippen LogP contribution in [-0.2, 0) is 22.4 Å². The third-order valence-electron chi connectivity index (χ3n) is 7.68. The Morgan fingerprint density at radius 2 is 0.857 bits per heavy atom. The Morgan fingerprint density at radius 1 is 0.524 bits per heavy atom. The van der Waals surface area contributed by atoms with Gasteiger partial charge in [0.2, 0.25) is 11.8 Å². The summed E-state index contributed by atoms with van der Waals surface area (Å²) < 4.78 is 1.94. The van der Waals surface area contributed by atoms with Gasteiger partial charge in [-0.15, -0.1) is 0 Å². The van der Waals surface area contributed by atoms with Crippen LogP contribution in [-0.4, -0.2) is 35.7 Å². The number of hydrogen-bond acceptors (Lipinski definition) is 2. The van der Waals surface area contributed by atoms with E-state index in [9.17, 15) is 9.59 Å². The Kier molecular flexibility index (Phi) is 8.95. The molecule has 0 bridgehead atoms. The number of likely N-dealkylation sites (N-methyl/N-ethyl adjacent to an activating group) is 2. The predicted octanol–water partition coefficient (Wildman–Crippen LogP) is 8.46. The van der Waals surface area contributed by atoms with E-state index in [4.69, 9.17) is 0 Å². The number of nitrogens with zero attached hydrogens (tertiary/aromatic N) is 2. The SMILES string of the molecule is Cc1ccc(C2=C(Br)c3ccccc3CC(=O)N2C)cc1.Cc1ccc(C2=C(Br)c3ccccc3CC(=O)N2C)cc1. The zero-order chi connectivity index (χ0) is 30.0. The van der Waals surface area contributed by atoms with Crippen LogP contribution < -0.4 is 0 Å². The Bertz CT molecular complexity index is 1590. The summed E-state index contributed by atoms with van der Waals surface area (Å²) in [6.07, 6.45) is 0.855. The molecule has 0 aromatic heterocycles. The Labute approximate surface area is 264 Å². The van der Waals surface area contributed by atoms with Crippen molar-refractivity contribution in [2.75, 3.05) is 14.1 Å². The summed E-state index contributed by atoms with van der Waals surface area (Å²) in [7, 11) is 3.68. The van der Waals surface area contributed by atoms with Crippen molar-refractivity contribution in [1.29, 1.82) is 0 Å². The summed E-state index contributed by atoms with van der Waals surface area (Å²) in [5, 5.41) is 0. The lowest BCUT2D eigenvalue weighted by atomic mass is 10.0. The van der Waals surface area contributed by atoms with Crippen molar-refractivity contribution in [3.05, 3.63) is 142 Å². The molecule has 0 saturated heterocycles.